The summed E-state index contributed by atoms with van der Waals surface area (Å²) in [7, 11) is 0. The second-order valence-electron chi connectivity index (χ2n) is 3.42. The fourth-order valence-corrected chi connectivity index (χ4v) is 2.44. The number of aldehydes is 1. The van der Waals surface area contributed by atoms with Gasteiger partial charge in [0.25, 0.3) is 0 Å². The Morgan fingerprint density at radius 1 is 1.58 bits per heavy atom. The summed E-state index contributed by atoms with van der Waals surface area (Å²) < 4.78 is 11.0. The summed E-state index contributed by atoms with van der Waals surface area (Å²) in [4.78, 5) is 10.4. The Hall–Kier alpha value is -0.0600. The van der Waals surface area contributed by atoms with Gasteiger partial charge in [0.2, 0.25) is 0 Å². The molecule has 1 aliphatic carbocycles. The topological polar surface area (TPSA) is 60.4 Å². The van der Waals surface area contributed by atoms with Gasteiger partial charge in [-0.15, -0.1) is 0 Å². The summed E-state index contributed by atoms with van der Waals surface area (Å²) in [5.74, 6) is 0. The average molecular weight is 190 g/mol. The van der Waals surface area contributed by atoms with Crippen LogP contribution in [0.5, 0.6) is 0 Å². The standard InChI is InChI=1S/C8H14O3S/c1-12(11)7-2-4-8(10,6-9)5-3-7/h6-7,10H,2-5H2,1H3. The Morgan fingerprint density at radius 2 is 2.08 bits per heavy atom. The molecule has 1 atom stereocenters. The average Bonchev–Trinajstić information content (AvgIpc) is 2.05. The third-order valence-electron chi connectivity index (χ3n) is 2.49. The number of hydrogen-bond donors (Lipinski definition) is 1. The molecule has 0 aliphatic heterocycles. The second-order valence-corrected chi connectivity index (χ2v) is 5.08. The third kappa shape index (κ3) is 2.21. The molecule has 1 N–H and O–H groups in total. The SMILES string of the molecule is C[S+]([O-])C1CCC(O)(C=O)CC1. The van der Waals surface area contributed by atoms with E-state index < -0.39 is 16.8 Å². The van der Waals surface area contributed by atoms with Crippen LogP contribution in [0.15, 0.2) is 0 Å². The van der Waals surface area contributed by atoms with Crippen LogP contribution < -0.4 is 0 Å². The fraction of sp³-hybridized carbons (Fsp3) is 0.875. The predicted molar refractivity (Wildman–Crippen MR) is 47.3 cm³/mol. The van der Waals surface area contributed by atoms with Crippen LogP contribution in [0.4, 0.5) is 0 Å². The van der Waals surface area contributed by atoms with Gasteiger partial charge in [0.05, 0.1) is 6.26 Å². The van der Waals surface area contributed by atoms with Crippen molar-refractivity contribution in [2.45, 2.75) is 36.5 Å². The number of aliphatic hydroxyl groups is 1. The molecule has 0 bridgehead atoms. The Bertz CT molecular complexity index is 162. The lowest BCUT2D eigenvalue weighted by Crippen LogP contribution is -2.39. The first kappa shape index (κ1) is 10.0. The van der Waals surface area contributed by atoms with Gasteiger partial charge in [0.1, 0.15) is 10.9 Å². The van der Waals surface area contributed by atoms with E-state index >= 15 is 0 Å². The van der Waals surface area contributed by atoms with Crippen LogP contribution in [0.1, 0.15) is 25.7 Å². The highest BCUT2D eigenvalue weighted by molar-refractivity contribution is 7.91. The Balaban J connectivity index is 2.44. The maximum atomic E-state index is 11.0. The normalized spacial score (nSPS) is 39.1. The van der Waals surface area contributed by atoms with E-state index in [1.807, 2.05) is 0 Å². The van der Waals surface area contributed by atoms with E-state index in [1.54, 1.807) is 6.26 Å². The zero-order valence-electron chi connectivity index (χ0n) is 7.16. The monoisotopic (exact) mass is 190 g/mol. The lowest BCUT2D eigenvalue weighted by atomic mass is 9.86. The van der Waals surface area contributed by atoms with Crippen molar-refractivity contribution >= 4 is 17.5 Å². The molecule has 1 rings (SSSR count). The Morgan fingerprint density at radius 3 is 2.42 bits per heavy atom. The van der Waals surface area contributed by atoms with Crippen molar-refractivity contribution in [2.24, 2.45) is 0 Å². The summed E-state index contributed by atoms with van der Waals surface area (Å²) in [5, 5.41) is 9.68. The van der Waals surface area contributed by atoms with E-state index in [-0.39, 0.29) is 5.25 Å². The molecule has 70 valence electrons. The molecule has 0 amide bonds. The molecule has 0 aromatic carbocycles. The van der Waals surface area contributed by atoms with Gasteiger partial charge in [-0.25, -0.2) is 0 Å². The molecular weight excluding hydrogens is 176 g/mol. The second kappa shape index (κ2) is 3.77. The first-order valence-corrected chi connectivity index (χ1v) is 5.70. The minimum atomic E-state index is -1.13. The zero-order valence-corrected chi connectivity index (χ0v) is 7.97. The largest absolute Gasteiger partial charge is 0.616 e. The Kier molecular flexibility index (Phi) is 3.15. The molecule has 0 aromatic heterocycles. The lowest BCUT2D eigenvalue weighted by molar-refractivity contribution is -0.126. The van der Waals surface area contributed by atoms with E-state index in [9.17, 15) is 14.5 Å². The molecule has 12 heavy (non-hydrogen) atoms. The van der Waals surface area contributed by atoms with E-state index in [1.165, 1.54) is 0 Å². The van der Waals surface area contributed by atoms with Crippen molar-refractivity contribution in [1.29, 1.82) is 0 Å². The van der Waals surface area contributed by atoms with Gasteiger partial charge < -0.3 is 14.5 Å². The molecule has 1 saturated carbocycles. The maximum absolute atomic E-state index is 11.0. The molecule has 0 heterocycles. The summed E-state index contributed by atoms with van der Waals surface area (Å²) in [6.07, 6.45) is 4.59. The van der Waals surface area contributed by atoms with Gasteiger partial charge in [-0.3, -0.25) is 0 Å². The van der Waals surface area contributed by atoms with E-state index in [0.29, 0.717) is 32.0 Å². The first-order chi connectivity index (χ1) is 5.57. The van der Waals surface area contributed by atoms with Gasteiger partial charge in [-0.05, 0) is 25.7 Å². The molecular formula is C8H14O3S. The lowest BCUT2D eigenvalue weighted by Gasteiger charge is -2.31. The molecule has 1 fully saturated rings. The van der Waals surface area contributed by atoms with Crippen LogP contribution in [0.25, 0.3) is 0 Å². The maximum Gasteiger partial charge on any atom is 0.151 e. The molecule has 0 radical (unpaired) electrons. The highest BCUT2D eigenvalue weighted by Crippen LogP contribution is 2.29. The van der Waals surface area contributed by atoms with Crippen LogP contribution in [-0.2, 0) is 16.0 Å². The van der Waals surface area contributed by atoms with Crippen LogP contribution in [0, 0.1) is 0 Å². The summed E-state index contributed by atoms with van der Waals surface area (Å²) in [5.41, 5.74) is -1.13. The van der Waals surface area contributed by atoms with Crippen molar-refractivity contribution in [3.63, 3.8) is 0 Å². The fourth-order valence-electron chi connectivity index (χ4n) is 1.54. The number of carbonyl (C=O) groups is 1. The van der Waals surface area contributed by atoms with Gasteiger partial charge in [0.15, 0.2) is 6.29 Å². The quantitative estimate of drug-likeness (QED) is 0.501. The summed E-state index contributed by atoms with van der Waals surface area (Å²) >= 11 is -0.814. The molecule has 0 saturated heterocycles. The van der Waals surface area contributed by atoms with Gasteiger partial charge >= 0.3 is 0 Å². The van der Waals surface area contributed by atoms with Crippen LogP contribution in [0.2, 0.25) is 0 Å². The van der Waals surface area contributed by atoms with Crippen LogP contribution >= 0.6 is 0 Å². The van der Waals surface area contributed by atoms with E-state index in [0.717, 1.165) is 0 Å². The van der Waals surface area contributed by atoms with E-state index in [4.69, 9.17) is 0 Å². The van der Waals surface area contributed by atoms with Crippen LogP contribution in [-0.4, -0.2) is 33.1 Å². The highest BCUT2D eigenvalue weighted by Gasteiger charge is 2.36. The van der Waals surface area contributed by atoms with Gasteiger partial charge in [-0.1, -0.05) is 11.2 Å². The smallest absolute Gasteiger partial charge is 0.151 e. The predicted octanol–water partition coefficient (Wildman–Crippen LogP) is 0.237. The molecule has 3 nitrogen and oxygen atoms in total. The Labute approximate surface area is 75.3 Å². The van der Waals surface area contributed by atoms with Crippen molar-refractivity contribution in [1.82, 2.24) is 0 Å². The third-order valence-corrected chi connectivity index (χ3v) is 3.90. The molecule has 4 heteroatoms. The number of carbonyl (C=O) groups excluding carboxylic acids is 1. The minimum absolute atomic E-state index is 0.172. The molecule has 0 aromatic rings. The first-order valence-electron chi connectivity index (χ1n) is 4.08. The summed E-state index contributed by atoms with van der Waals surface area (Å²) in [6, 6.07) is 0. The van der Waals surface area contributed by atoms with Crippen molar-refractivity contribution in [3.8, 4) is 0 Å². The molecule has 1 aliphatic rings. The molecule has 0 spiro atoms. The molecule has 1 unspecified atom stereocenters. The zero-order chi connectivity index (χ0) is 9.19. The van der Waals surface area contributed by atoms with Crippen molar-refractivity contribution in [3.05, 3.63) is 0 Å². The number of hydrogen-bond acceptors (Lipinski definition) is 3. The van der Waals surface area contributed by atoms with Crippen molar-refractivity contribution in [2.75, 3.05) is 6.26 Å². The van der Waals surface area contributed by atoms with Gasteiger partial charge in [-0.2, -0.15) is 0 Å². The van der Waals surface area contributed by atoms with E-state index in [2.05, 4.69) is 0 Å². The van der Waals surface area contributed by atoms with Crippen molar-refractivity contribution < 1.29 is 14.5 Å². The minimum Gasteiger partial charge on any atom is -0.616 e. The van der Waals surface area contributed by atoms with Gasteiger partial charge in [0, 0.05) is 0 Å². The highest BCUT2D eigenvalue weighted by atomic mass is 32.2. The summed E-state index contributed by atoms with van der Waals surface area (Å²) in [6.45, 7) is 0. The van der Waals surface area contributed by atoms with Crippen LogP contribution in [0.3, 0.4) is 0 Å². The number of rotatable bonds is 2.